The van der Waals surface area contributed by atoms with E-state index in [4.69, 9.17) is 4.74 Å². The Morgan fingerprint density at radius 2 is 1.80 bits per heavy atom. The van der Waals surface area contributed by atoms with E-state index < -0.39 is 11.4 Å². The molecule has 110 valence electrons. The van der Waals surface area contributed by atoms with E-state index in [1.807, 2.05) is 13.8 Å². The summed E-state index contributed by atoms with van der Waals surface area (Å²) in [6.45, 7) is 3.68. The molecule has 1 aliphatic rings. The molecular weight excluding hydrogens is 324 g/mol. The standard InChI is InChI=1S/C15H19BrO4/c1-8-10(15(14(18)19)6-4-5-7-15)12(17)13(20-3)9(2)11(8)16/h17H,4-7H2,1-3H3,(H,18,19). The van der Waals surface area contributed by atoms with E-state index in [0.29, 0.717) is 24.2 Å². The van der Waals surface area contributed by atoms with Crippen LogP contribution in [0.4, 0.5) is 0 Å². The first-order chi connectivity index (χ1) is 9.36. The van der Waals surface area contributed by atoms with Crippen molar-refractivity contribution in [3.63, 3.8) is 0 Å². The Labute approximate surface area is 126 Å². The van der Waals surface area contributed by atoms with Gasteiger partial charge in [0, 0.05) is 15.6 Å². The lowest BCUT2D eigenvalue weighted by Gasteiger charge is -2.29. The number of carbonyl (C=O) groups is 1. The van der Waals surface area contributed by atoms with Gasteiger partial charge in [0.2, 0.25) is 0 Å². The third-order valence-corrected chi connectivity index (χ3v) is 5.56. The van der Waals surface area contributed by atoms with Crippen molar-refractivity contribution in [2.24, 2.45) is 0 Å². The van der Waals surface area contributed by atoms with E-state index in [9.17, 15) is 15.0 Å². The van der Waals surface area contributed by atoms with Gasteiger partial charge in [-0.15, -0.1) is 0 Å². The smallest absolute Gasteiger partial charge is 0.314 e. The van der Waals surface area contributed by atoms with Gasteiger partial charge in [0.15, 0.2) is 11.5 Å². The van der Waals surface area contributed by atoms with Crippen LogP contribution in [0.25, 0.3) is 0 Å². The molecule has 1 aliphatic carbocycles. The highest BCUT2D eigenvalue weighted by molar-refractivity contribution is 9.10. The van der Waals surface area contributed by atoms with Crippen LogP contribution in [0, 0.1) is 13.8 Å². The molecule has 0 bridgehead atoms. The van der Waals surface area contributed by atoms with Gasteiger partial charge >= 0.3 is 5.97 Å². The van der Waals surface area contributed by atoms with Crippen LogP contribution in [0.1, 0.15) is 42.4 Å². The number of phenolic OH excluding ortho intramolecular Hbond substituents is 1. The molecule has 0 unspecified atom stereocenters. The fourth-order valence-corrected chi connectivity index (χ4v) is 3.72. The predicted molar refractivity (Wildman–Crippen MR) is 79.6 cm³/mol. The van der Waals surface area contributed by atoms with E-state index in [-0.39, 0.29) is 5.75 Å². The van der Waals surface area contributed by atoms with Gasteiger partial charge in [0.25, 0.3) is 0 Å². The maximum Gasteiger partial charge on any atom is 0.314 e. The summed E-state index contributed by atoms with van der Waals surface area (Å²) in [7, 11) is 1.48. The Morgan fingerprint density at radius 3 is 2.25 bits per heavy atom. The molecule has 2 N–H and O–H groups in total. The molecule has 5 heteroatoms. The number of aromatic hydroxyl groups is 1. The molecule has 0 amide bonds. The van der Waals surface area contributed by atoms with Crippen LogP contribution in [0.15, 0.2) is 4.47 Å². The lowest BCUT2D eigenvalue weighted by molar-refractivity contribution is -0.143. The van der Waals surface area contributed by atoms with Crippen LogP contribution >= 0.6 is 15.9 Å². The van der Waals surface area contributed by atoms with E-state index in [1.165, 1.54) is 7.11 Å². The Bertz CT molecular complexity index is 560. The number of rotatable bonds is 3. The Kier molecular flexibility index (Phi) is 4.00. The number of halogens is 1. The van der Waals surface area contributed by atoms with E-state index >= 15 is 0 Å². The molecule has 4 nitrogen and oxygen atoms in total. The molecule has 1 aromatic rings. The molecule has 1 saturated carbocycles. The molecule has 0 aliphatic heterocycles. The SMILES string of the molecule is COc1c(C)c(Br)c(C)c(C2(C(=O)O)CCCC2)c1O. The highest BCUT2D eigenvalue weighted by Gasteiger charge is 2.46. The van der Waals surface area contributed by atoms with Gasteiger partial charge in [-0.3, -0.25) is 4.79 Å². The number of hydrogen-bond acceptors (Lipinski definition) is 3. The Balaban J connectivity index is 2.80. The lowest BCUT2D eigenvalue weighted by Crippen LogP contribution is -2.33. The summed E-state index contributed by atoms with van der Waals surface area (Å²) in [6.07, 6.45) is 2.82. The summed E-state index contributed by atoms with van der Waals surface area (Å²) in [4.78, 5) is 11.9. The molecule has 0 aromatic heterocycles. The summed E-state index contributed by atoms with van der Waals surface area (Å²) >= 11 is 3.49. The quantitative estimate of drug-likeness (QED) is 0.879. The summed E-state index contributed by atoms with van der Waals surface area (Å²) in [5, 5.41) is 20.3. The number of ether oxygens (including phenoxy) is 1. The molecule has 0 atom stereocenters. The van der Waals surface area contributed by atoms with Crippen LogP contribution in [-0.4, -0.2) is 23.3 Å². The normalized spacial score (nSPS) is 17.2. The monoisotopic (exact) mass is 342 g/mol. The van der Waals surface area contributed by atoms with Crippen molar-refractivity contribution in [2.75, 3.05) is 7.11 Å². The van der Waals surface area contributed by atoms with Crippen molar-refractivity contribution in [1.29, 1.82) is 0 Å². The van der Waals surface area contributed by atoms with Crippen LogP contribution < -0.4 is 4.74 Å². The second-order valence-electron chi connectivity index (χ2n) is 5.42. The first-order valence-corrected chi connectivity index (χ1v) is 7.45. The third kappa shape index (κ3) is 1.99. The van der Waals surface area contributed by atoms with Crippen LogP contribution in [0.3, 0.4) is 0 Å². The zero-order chi connectivity index (χ0) is 15.1. The third-order valence-electron chi connectivity index (χ3n) is 4.38. The summed E-state index contributed by atoms with van der Waals surface area (Å²) in [6, 6.07) is 0. The maximum atomic E-state index is 11.9. The minimum Gasteiger partial charge on any atom is -0.504 e. The van der Waals surface area contributed by atoms with Crippen molar-refractivity contribution in [2.45, 2.75) is 44.9 Å². The fourth-order valence-electron chi connectivity index (χ4n) is 3.34. The number of benzene rings is 1. The second kappa shape index (κ2) is 5.28. The number of carboxylic acid groups (broad SMARTS) is 1. The molecule has 1 aromatic carbocycles. The number of methoxy groups -OCH3 is 1. The molecule has 0 radical (unpaired) electrons. The molecule has 20 heavy (non-hydrogen) atoms. The summed E-state index contributed by atoms with van der Waals surface area (Å²) < 4.78 is 6.06. The molecule has 2 rings (SSSR count). The minimum absolute atomic E-state index is 0.0324. The van der Waals surface area contributed by atoms with Crippen molar-refractivity contribution in [1.82, 2.24) is 0 Å². The molecule has 1 fully saturated rings. The van der Waals surface area contributed by atoms with Gasteiger partial charge in [-0.05, 0) is 32.3 Å². The first kappa shape index (κ1) is 15.2. The zero-order valence-electron chi connectivity index (χ0n) is 11.9. The van der Waals surface area contributed by atoms with E-state index in [1.54, 1.807) is 0 Å². The van der Waals surface area contributed by atoms with Crippen molar-refractivity contribution >= 4 is 21.9 Å². The number of carboxylic acids is 1. The van der Waals surface area contributed by atoms with Gasteiger partial charge in [-0.25, -0.2) is 0 Å². The summed E-state index contributed by atoms with van der Waals surface area (Å²) in [5.74, 6) is -0.550. The molecule has 0 spiro atoms. The van der Waals surface area contributed by atoms with Crippen LogP contribution in [-0.2, 0) is 10.2 Å². The molecule has 0 saturated heterocycles. The predicted octanol–water partition coefficient (Wildman–Crippen LogP) is 3.68. The van der Waals surface area contributed by atoms with E-state index in [0.717, 1.165) is 28.4 Å². The summed E-state index contributed by atoms with van der Waals surface area (Å²) in [5.41, 5.74) is 1.06. The highest BCUT2D eigenvalue weighted by Crippen LogP contribution is 2.51. The lowest BCUT2D eigenvalue weighted by atomic mass is 9.75. The Hall–Kier alpha value is -1.23. The Morgan fingerprint density at radius 1 is 1.25 bits per heavy atom. The maximum absolute atomic E-state index is 11.9. The number of aliphatic carboxylic acids is 1. The van der Waals surface area contributed by atoms with Crippen molar-refractivity contribution in [3.8, 4) is 11.5 Å². The van der Waals surface area contributed by atoms with Gasteiger partial charge in [0.05, 0.1) is 12.5 Å². The first-order valence-electron chi connectivity index (χ1n) is 6.66. The van der Waals surface area contributed by atoms with Gasteiger partial charge < -0.3 is 14.9 Å². The van der Waals surface area contributed by atoms with Gasteiger partial charge in [0.1, 0.15) is 0 Å². The number of phenols is 1. The van der Waals surface area contributed by atoms with Gasteiger partial charge in [-0.1, -0.05) is 28.8 Å². The molecule has 0 heterocycles. The largest absolute Gasteiger partial charge is 0.504 e. The zero-order valence-corrected chi connectivity index (χ0v) is 13.5. The second-order valence-corrected chi connectivity index (χ2v) is 6.21. The van der Waals surface area contributed by atoms with Gasteiger partial charge in [-0.2, -0.15) is 0 Å². The fraction of sp³-hybridized carbons (Fsp3) is 0.533. The van der Waals surface area contributed by atoms with Crippen LogP contribution in [0.2, 0.25) is 0 Å². The number of hydrogen-bond donors (Lipinski definition) is 2. The average Bonchev–Trinajstić information content (AvgIpc) is 2.88. The molecular formula is C15H19BrO4. The van der Waals surface area contributed by atoms with E-state index in [2.05, 4.69) is 15.9 Å². The van der Waals surface area contributed by atoms with Crippen molar-refractivity contribution < 1.29 is 19.7 Å². The minimum atomic E-state index is -1.00. The van der Waals surface area contributed by atoms with Crippen molar-refractivity contribution in [3.05, 3.63) is 21.2 Å². The average molecular weight is 343 g/mol. The van der Waals surface area contributed by atoms with Crippen LogP contribution in [0.5, 0.6) is 11.5 Å². The highest BCUT2D eigenvalue weighted by atomic mass is 79.9. The topological polar surface area (TPSA) is 66.8 Å².